The molecule has 2 N–H and O–H groups in total. The maximum absolute atomic E-state index is 12.4. The van der Waals surface area contributed by atoms with Crippen molar-refractivity contribution in [3.63, 3.8) is 0 Å². The molecule has 0 atom stereocenters. The van der Waals surface area contributed by atoms with E-state index in [1.54, 1.807) is 60.7 Å². The molecule has 4 nitrogen and oxygen atoms in total. The number of benzene rings is 3. The van der Waals surface area contributed by atoms with Gasteiger partial charge in [0.05, 0.1) is 0 Å². The van der Waals surface area contributed by atoms with E-state index in [1.807, 2.05) is 18.2 Å². The molecule has 3 rings (SSSR count). The third kappa shape index (κ3) is 5.46. The van der Waals surface area contributed by atoms with Crippen LogP contribution < -0.4 is 10.6 Å². The molecule has 28 heavy (non-hydrogen) atoms. The maximum atomic E-state index is 12.4. The first-order valence-electron chi connectivity index (χ1n) is 8.42. The topological polar surface area (TPSA) is 58.2 Å². The first-order valence-corrected chi connectivity index (χ1v) is 9.17. The highest BCUT2D eigenvalue weighted by molar-refractivity contribution is 6.32. The third-order valence-electron chi connectivity index (χ3n) is 3.79. The van der Waals surface area contributed by atoms with Crippen LogP contribution in [0.2, 0.25) is 10.0 Å². The molecule has 0 bridgehead atoms. The summed E-state index contributed by atoms with van der Waals surface area (Å²) in [6.45, 7) is 0. The average Bonchev–Trinajstić information content (AvgIpc) is 2.67. The number of carbonyl (C=O) groups excluding carboxylic acids is 2. The Balaban J connectivity index is 1.66. The van der Waals surface area contributed by atoms with Gasteiger partial charge in [-0.15, -0.1) is 0 Å². The van der Waals surface area contributed by atoms with Crippen molar-refractivity contribution in [1.29, 1.82) is 0 Å². The van der Waals surface area contributed by atoms with E-state index in [-0.39, 0.29) is 11.8 Å². The van der Waals surface area contributed by atoms with Crippen molar-refractivity contribution in [2.45, 2.75) is 0 Å². The minimum Gasteiger partial charge on any atom is -0.322 e. The average molecular weight is 411 g/mol. The van der Waals surface area contributed by atoms with Crippen LogP contribution in [0.15, 0.2) is 78.9 Å². The van der Waals surface area contributed by atoms with Gasteiger partial charge < -0.3 is 10.6 Å². The summed E-state index contributed by atoms with van der Waals surface area (Å²) >= 11 is 12.0. The summed E-state index contributed by atoms with van der Waals surface area (Å²) in [6, 6.07) is 20.8. The van der Waals surface area contributed by atoms with E-state index < -0.39 is 0 Å². The largest absolute Gasteiger partial charge is 0.322 e. The van der Waals surface area contributed by atoms with Crippen molar-refractivity contribution < 1.29 is 9.59 Å². The van der Waals surface area contributed by atoms with Crippen LogP contribution in [-0.4, -0.2) is 11.8 Å². The first kappa shape index (κ1) is 19.7. The molecule has 0 aliphatic carbocycles. The molecule has 0 saturated heterocycles. The van der Waals surface area contributed by atoms with Crippen molar-refractivity contribution in [2.75, 3.05) is 10.6 Å². The van der Waals surface area contributed by atoms with Crippen LogP contribution >= 0.6 is 23.2 Å². The van der Waals surface area contributed by atoms with E-state index in [9.17, 15) is 9.59 Å². The van der Waals surface area contributed by atoms with Crippen molar-refractivity contribution >= 4 is 52.5 Å². The summed E-state index contributed by atoms with van der Waals surface area (Å²) < 4.78 is 0. The SMILES string of the molecule is O=C(/C=C/c1ccccc1Cl)Nc1cccc(C(=O)Nc2cccc(Cl)c2)c1. The van der Waals surface area contributed by atoms with E-state index >= 15 is 0 Å². The smallest absolute Gasteiger partial charge is 0.255 e. The lowest BCUT2D eigenvalue weighted by Gasteiger charge is -2.08. The molecule has 0 heterocycles. The van der Waals surface area contributed by atoms with Gasteiger partial charge in [0.15, 0.2) is 0 Å². The summed E-state index contributed by atoms with van der Waals surface area (Å²) in [5.41, 5.74) is 2.25. The minimum atomic E-state index is -0.327. The van der Waals surface area contributed by atoms with Crippen molar-refractivity contribution in [2.24, 2.45) is 0 Å². The first-order chi connectivity index (χ1) is 13.5. The normalized spacial score (nSPS) is 10.6. The Bertz CT molecular complexity index is 1050. The fraction of sp³-hybridized carbons (Fsp3) is 0. The zero-order valence-electron chi connectivity index (χ0n) is 14.7. The molecule has 0 spiro atoms. The minimum absolute atomic E-state index is 0.301. The Morgan fingerprint density at radius 1 is 0.786 bits per heavy atom. The lowest BCUT2D eigenvalue weighted by Crippen LogP contribution is -2.13. The molecular formula is C22H16Cl2N2O2. The van der Waals surface area contributed by atoms with E-state index in [0.717, 1.165) is 5.56 Å². The van der Waals surface area contributed by atoms with Crippen molar-refractivity contribution in [3.8, 4) is 0 Å². The number of hydrogen-bond acceptors (Lipinski definition) is 2. The highest BCUT2D eigenvalue weighted by Crippen LogP contribution is 2.18. The second kappa shape index (κ2) is 9.22. The predicted molar refractivity (Wildman–Crippen MR) is 115 cm³/mol. The quantitative estimate of drug-likeness (QED) is 0.514. The Hall–Kier alpha value is -3.08. The molecule has 0 radical (unpaired) electrons. The maximum Gasteiger partial charge on any atom is 0.255 e. The summed E-state index contributed by atoms with van der Waals surface area (Å²) in [6.07, 6.45) is 3.02. The second-order valence-electron chi connectivity index (χ2n) is 5.89. The zero-order valence-corrected chi connectivity index (χ0v) is 16.2. The van der Waals surface area contributed by atoms with Gasteiger partial charge in [-0.1, -0.05) is 53.5 Å². The van der Waals surface area contributed by atoms with E-state index in [1.165, 1.54) is 6.08 Å². The number of amides is 2. The molecule has 0 aromatic heterocycles. The van der Waals surface area contributed by atoms with E-state index in [4.69, 9.17) is 23.2 Å². The molecule has 6 heteroatoms. The van der Waals surface area contributed by atoms with Gasteiger partial charge in [-0.3, -0.25) is 9.59 Å². The van der Waals surface area contributed by atoms with Gasteiger partial charge in [0, 0.05) is 33.1 Å². The van der Waals surface area contributed by atoms with Crippen LogP contribution in [0.4, 0.5) is 11.4 Å². The number of anilines is 2. The summed E-state index contributed by atoms with van der Waals surface area (Å²) in [5, 5.41) is 6.59. The van der Waals surface area contributed by atoms with Crippen LogP contribution in [0.3, 0.4) is 0 Å². The van der Waals surface area contributed by atoms with Gasteiger partial charge in [-0.25, -0.2) is 0 Å². The fourth-order valence-electron chi connectivity index (χ4n) is 2.47. The fourth-order valence-corrected chi connectivity index (χ4v) is 2.86. The standard InChI is InChI=1S/C22H16Cl2N2O2/c23-17-7-4-9-19(14-17)26-22(28)16-6-3-8-18(13-16)25-21(27)12-11-15-5-1-2-10-20(15)24/h1-14H,(H,25,27)(H,26,28)/b12-11+. The molecular weight excluding hydrogens is 395 g/mol. The van der Waals surface area contributed by atoms with Crippen LogP contribution in [0.5, 0.6) is 0 Å². The zero-order chi connectivity index (χ0) is 19.9. The highest BCUT2D eigenvalue weighted by atomic mass is 35.5. The molecule has 0 fully saturated rings. The van der Waals surface area contributed by atoms with Gasteiger partial charge >= 0.3 is 0 Å². The van der Waals surface area contributed by atoms with Crippen molar-refractivity contribution in [1.82, 2.24) is 0 Å². The summed E-state index contributed by atoms with van der Waals surface area (Å²) in [4.78, 5) is 24.6. The van der Waals surface area contributed by atoms with Crippen LogP contribution in [0.25, 0.3) is 6.08 Å². The van der Waals surface area contributed by atoms with Crippen molar-refractivity contribution in [3.05, 3.63) is 100 Å². The Morgan fingerprint density at radius 2 is 1.50 bits per heavy atom. The monoisotopic (exact) mass is 410 g/mol. The molecule has 0 saturated carbocycles. The van der Waals surface area contributed by atoms with Gasteiger partial charge in [0.25, 0.3) is 5.91 Å². The number of hydrogen-bond donors (Lipinski definition) is 2. The van der Waals surface area contributed by atoms with Crippen LogP contribution in [0.1, 0.15) is 15.9 Å². The number of rotatable bonds is 5. The van der Waals surface area contributed by atoms with Gasteiger partial charge in [0.1, 0.15) is 0 Å². The van der Waals surface area contributed by atoms with Gasteiger partial charge in [-0.05, 0) is 54.1 Å². The Labute approximate surface area is 172 Å². The highest BCUT2D eigenvalue weighted by Gasteiger charge is 2.08. The van der Waals surface area contributed by atoms with Crippen LogP contribution in [0, 0.1) is 0 Å². The summed E-state index contributed by atoms with van der Waals surface area (Å²) in [7, 11) is 0. The van der Waals surface area contributed by atoms with E-state index in [0.29, 0.717) is 27.0 Å². The number of halogens is 2. The number of carbonyl (C=O) groups is 2. The molecule has 3 aromatic carbocycles. The van der Waals surface area contributed by atoms with E-state index in [2.05, 4.69) is 10.6 Å². The lowest BCUT2D eigenvalue weighted by molar-refractivity contribution is -0.111. The van der Waals surface area contributed by atoms with Gasteiger partial charge in [-0.2, -0.15) is 0 Å². The molecule has 0 unspecified atom stereocenters. The third-order valence-corrected chi connectivity index (χ3v) is 4.37. The van der Waals surface area contributed by atoms with Crippen LogP contribution in [-0.2, 0) is 4.79 Å². The van der Waals surface area contributed by atoms with Gasteiger partial charge in [0.2, 0.25) is 5.91 Å². The summed E-state index contributed by atoms with van der Waals surface area (Å²) in [5.74, 6) is -0.628. The molecule has 140 valence electrons. The molecule has 3 aromatic rings. The Morgan fingerprint density at radius 3 is 2.25 bits per heavy atom. The number of nitrogens with one attached hydrogen (secondary N) is 2. The molecule has 2 amide bonds. The lowest BCUT2D eigenvalue weighted by atomic mass is 10.1. The molecule has 0 aliphatic heterocycles. The second-order valence-corrected chi connectivity index (χ2v) is 6.73. The Kier molecular flexibility index (Phi) is 6.48. The predicted octanol–water partition coefficient (Wildman–Crippen LogP) is 5.90. The molecule has 0 aliphatic rings.